The number of aromatic nitrogens is 1. The Morgan fingerprint density at radius 3 is 2.73 bits per heavy atom. The van der Waals surface area contributed by atoms with Crippen LogP contribution in [0.3, 0.4) is 0 Å². The van der Waals surface area contributed by atoms with Crippen molar-refractivity contribution in [3.8, 4) is 0 Å². The molecular weight excluding hydrogens is 581 g/mol. The molecule has 6 aliphatic rings. The van der Waals surface area contributed by atoms with Gasteiger partial charge in [-0.05, 0) is 52.9 Å². The van der Waals surface area contributed by atoms with Gasteiger partial charge < -0.3 is 15.6 Å². The summed E-state index contributed by atoms with van der Waals surface area (Å²) in [7, 11) is 0. The van der Waals surface area contributed by atoms with Crippen LogP contribution in [0.1, 0.15) is 22.7 Å². The van der Waals surface area contributed by atoms with E-state index in [0.717, 1.165) is 67.3 Å². The van der Waals surface area contributed by atoms with E-state index in [1.54, 1.807) is 17.7 Å². The number of aliphatic imine (C=N–C) groups is 5. The summed E-state index contributed by atoms with van der Waals surface area (Å²) >= 11 is 1.68. The Labute approximate surface area is 261 Å². The largest absolute Gasteiger partial charge is 0.348 e. The van der Waals surface area contributed by atoms with Crippen LogP contribution in [0.25, 0.3) is 0 Å². The van der Waals surface area contributed by atoms with Crippen molar-refractivity contribution in [1.82, 2.24) is 10.4 Å². The molecule has 216 valence electrons. The van der Waals surface area contributed by atoms with Gasteiger partial charge in [-0.15, -0.1) is 11.3 Å². The van der Waals surface area contributed by atoms with E-state index in [2.05, 4.69) is 102 Å². The molecule has 4 N–H and O–H groups in total. The van der Waals surface area contributed by atoms with Crippen molar-refractivity contribution >= 4 is 69.3 Å². The number of aromatic amines is 1. The number of H-pyrrole nitrogens is 1. The zero-order valence-corrected chi connectivity index (χ0v) is 24.5. The van der Waals surface area contributed by atoms with E-state index >= 15 is 0 Å². The average Bonchev–Trinajstić information content (AvgIpc) is 3.91. The van der Waals surface area contributed by atoms with Gasteiger partial charge >= 0.3 is 0 Å². The van der Waals surface area contributed by atoms with E-state index in [1.165, 1.54) is 5.56 Å². The van der Waals surface area contributed by atoms with Crippen molar-refractivity contribution in [3.05, 3.63) is 123 Å². The van der Waals surface area contributed by atoms with Gasteiger partial charge in [0.25, 0.3) is 0 Å². The SMILES string of the molecule is C1=CC2=C(C3N=Cc4cccc(Nc5cccs5)c43)N=C3N=CN=C4N=C(N5NCc6cccc(Nc7ccc[nH]7)c65)C1=C2C43. The highest BCUT2D eigenvalue weighted by atomic mass is 32.1. The van der Waals surface area contributed by atoms with Gasteiger partial charge in [0.1, 0.15) is 35.8 Å². The van der Waals surface area contributed by atoms with Crippen LogP contribution in [0, 0.1) is 5.92 Å². The lowest BCUT2D eigenvalue weighted by atomic mass is 9.82. The smallest absolute Gasteiger partial charge is 0.157 e. The number of nitrogens with one attached hydrogen (secondary N) is 4. The fraction of sp³-hybridized carbons (Fsp3) is 0.0882. The number of anilines is 5. The van der Waals surface area contributed by atoms with Gasteiger partial charge in [-0.1, -0.05) is 36.4 Å². The van der Waals surface area contributed by atoms with E-state index in [-0.39, 0.29) is 12.0 Å². The summed E-state index contributed by atoms with van der Waals surface area (Å²) in [5, 5.41) is 12.4. The van der Waals surface area contributed by atoms with Gasteiger partial charge in [-0.25, -0.2) is 25.4 Å². The van der Waals surface area contributed by atoms with Crippen LogP contribution in [0.4, 0.5) is 27.9 Å². The predicted molar refractivity (Wildman–Crippen MR) is 182 cm³/mol. The maximum Gasteiger partial charge on any atom is 0.157 e. The minimum Gasteiger partial charge on any atom is -0.348 e. The fourth-order valence-corrected chi connectivity index (χ4v) is 7.54. The molecule has 2 aromatic carbocycles. The second kappa shape index (κ2) is 9.42. The van der Waals surface area contributed by atoms with Gasteiger partial charge in [0.2, 0.25) is 0 Å². The molecule has 45 heavy (non-hydrogen) atoms. The van der Waals surface area contributed by atoms with Crippen LogP contribution in [0.15, 0.2) is 132 Å². The summed E-state index contributed by atoms with van der Waals surface area (Å²) in [5.74, 6) is 2.90. The summed E-state index contributed by atoms with van der Waals surface area (Å²) in [6.45, 7) is 0.687. The lowest BCUT2D eigenvalue weighted by Gasteiger charge is -2.34. The molecule has 2 unspecified atom stereocenters. The van der Waals surface area contributed by atoms with Crippen LogP contribution in [0.5, 0.6) is 0 Å². The van der Waals surface area contributed by atoms with Crippen LogP contribution < -0.4 is 21.1 Å². The van der Waals surface area contributed by atoms with Gasteiger partial charge in [-0.3, -0.25) is 10.0 Å². The first-order valence-corrected chi connectivity index (χ1v) is 15.7. The van der Waals surface area contributed by atoms with Gasteiger partial charge in [0.15, 0.2) is 5.84 Å². The zero-order valence-electron chi connectivity index (χ0n) is 23.7. The first kappa shape index (κ1) is 24.8. The monoisotopic (exact) mass is 604 g/mol. The van der Waals surface area contributed by atoms with Gasteiger partial charge in [0, 0.05) is 46.9 Å². The molecule has 2 atom stereocenters. The molecule has 0 radical (unpaired) electrons. The van der Waals surface area contributed by atoms with Crippen molar-refractivity contribution in [2.45, 2.75) is 12.6 Å². The van der Waals surface area contributed by atoms with Crippen LogP contribution in [-0.4, -0.2) is 35.0 Å². The maximum absolute atomic E-state index is 5.18. The minimum atomic E-state index is -0.273. The Bertz CT molecular complexity index is 2180. The molecule has 0 bridgehead atoms. The molecule has 7 heterocycles. The molecule has 0 saturated heterocycles. The maximum atomic E-state index is 5.18. The quantitative estimate of drug-likeness (QED) is 0.206. The molecule has 11 heteroatoms. The highest BCUT2D eigenvalue weighted by molar-refractivity contribution is 7.14. The van der Waals surface area contributed by atoms with E-state index in [1.807, 2.05) is 24.5 Å². The molecule has 0 amide bonds. The number of hydrazine groups is 1. The fourth-order valence-electron chi connectivity index (χ4n) is 6.91. The van der Waals surface area contributed by atoms with E-state index < -0.39 is 0 Å². The number of hydrogen-bond acceptors (Lipinski definition) is 10. The Morgan fingerprint density at radius 1 is 0.889 bits per heavy atom. The molecule has 0 saturated carbocycles. The number of thiophene rings is 1. The molecule has 10 nitrogen and oxygen atoms in total. The number of dihydropyridines is 1. The number of rotatable bonds is 5. The molecule has 0 fully saturated rings. The number of allylic oxidation sites excluding steroid dienone is 2. The second-order valence-corrected chi connectivity index (χ2v) is 12.3. The third-order valence-corrected chi connectivity index (χ3v) is 9.60. The van der Waals surface area contributed by atoms with Crippen molar-refractivity contribution in [2.75, 3.05) is 15.6 Å². The second-order valence-electron chi connectivity index (χ2n) is 11.3. The molecule has 5 aliphatic heterocycles. The number of para-hydroxylation sites is 1. The molecule has 10 rings (SSSR count). The molecular formula is C34H24N10S. The number of amidine groups is 3. The van der Waals surface area contributed by atoms with E-state index in [4.69, 9.17) is 15.0 Å². The minimum absolute atomic E-state index is 0.221. The van der Waals surface area contributed by atoms with E-state index in [9.17, 15) is 0 Å². The lowest BCUT2D eigenvalue weighted by Crippen LogP contribution is -2.44. The van der Waals surface area contributed by atoms with Crippen molar-refractivity contribution in [3.63, 3.8) is 0 Å². The topological polar surface area (TPSA) is 117 Å². The average molecular weight is 605 g/mol. The normalized spacial score (nSPS) is 21.5. The summed E-state index contributed by atoms with van der Waals surface area (Å²) in [6, 6.07) is 20.5. The zero-order chi connectivity index (χ0) is 29.5. The Balaban J connectivity index is 1.10. The van der Waals surface area contributed by atoms with Crippen molar-refractivity contribution in [2.24, 2.45) is 30.9 Å². The Kier molecular flexibility index (Phi) is 5.18. The third kappa shape index (κ3) is 3.68. The standard InChI is InChI=1S/C34H24N10S/c1-5-18-15-36-30(26(18)22(7-1)41-25-10-4-14-45-25)29-20-11-12-21-27(20)28-32(42-29)37-17-38-33(28)43-34(21)44-31-19(16-39-44)6-2-8-23(31)40-24-9-3-13-35-24/h1-15,17,28,30,35,39-41H,16H2. The summed E-state index contributed by atoms with van der Waals surface area (Å²) in [5.41, 5.74) is 14.2. The van der Waals surface area contributed by atoms with Gasteiger partial charge in [-0.2, -0.15) is 0 Å². The van der Waals surface area contributed by atoms with Crippen molar-refractivity contribution < 1.29 is 0 Å². The molecule has 0 spiro atoms. The first-order valence-electron chi connectivity index (χ1n) is 14.8. The highest BCUT2D eigenvalue weighted by Crippen LogP contribution is 2.50. The van der Waals surface area contributed by atoms with Crippen LogP contribution in [0.2, 0.25) is 0 Å². The van der Waals surface area contributed by atoms with E-state index in [0.29, 0.717) is 18.2 Å². The van der Waals surface area contributed by atoms with Crippen LogP contribution in [-0.2, 0) is 6.54 Å². The van der Waals surface area contributed by atoms with Crippen LogP contribution >= 0.6 is 11.3 Å². The number of benzene rings is 2. The molecule has 2 aromatic heterocycles. The predicted octanol–water partition coefficient (Wildman–Crippen LogP) is 6.56. The molecule has 1 aliphatic carbocycles. The number of nitrogens with zero attached hydrogens (tertiary/aromatic N) is 6. The Hall–Kier alpha value is -5.65. The molecule has 4 aromatic rings. The number of hydrogen-bond donors (Lipinski definition) is 4. The first-order chi connectivity index (χ1) is 22.3. The highest BCUT2D eigenvalue weighted by Gasteiger charge is 2.45. The van der Waals surface area contributed by atoms with Crippen molar-refractivity contribution in [1.29, 1.82) is 0 Å². The number of fused-ring (bicyclic) bond motifs is 2. The summed E-state index contributed by atoms with van der Waals surface area (Å²) in [4.78, 5) is 27.9. The lowest BCUT2D eigenvalue weighted by molar-refractivity contribution is 0.778. The summed E-state index contributed by atoms with van der Waals surface area (Å²) < 4.78 is 0. The third-order valence-electron chi connectivity index (χ3n) is 8.82. The Morgan fingerprint density at radius 2 is 1.82 bits per heavy atom. The summed E-state index contributed by atoms with van der Waals surface area (Å²) in [6.07, 6.45) is 9.77. The van der Waals surface area contributed by atoms with Gasteiger partial charge in [0.05, 0.1) is 22.1 Å².